The number of aliphatic imine (C=N–C) groups is 1. The van der Waals surface area contributed by atoms with Crippen molar-refractivity contribution < 1.29 is 5.11 Å². The number of nitrogens with zero attached hydrogens (tertiary/aromatic N) is 4. The van der Waals surface area contributed by atoms with Gasteiger partial charge in [-0.05, 0) is 19.1 Å². The molecule has 1 aromatic heterocycles. The summed E-state index contributed by atoms with van der Waals surface area (Å²) in [7, 11) is 1.63. The molecule has 16 heavy (non-hydrogen) atoms. The van der Waals surface area contributed by atoms with Crippen molar-refractivity contribution in [3.8, 4) is 6.19 Å². The molecule has 1 rings (SSSR count). The molecule has 84 valence electrons. The monoisotopic (exact) mass is 238 g/mol. The van der Waals surface area contributed by atoms with Crippen LogP contribution in [0.1, 0.15) is 18.7 Å². The topological polar surface area (TPSA) is 72.5 Å². The summed E-state index contributed by atoms with van der Waals surface area (Å²) >= 11 is 5.64. The van der Waals surface area contributed by atoms with Crippen LogP contribution in [-0.2, 0) is 0 Å². The van der Waals surface area contributed by atoms with Gasteiger partial charge in [-0.1, -0.05) is 11.6 Å². The van der Waals surface area contributed by atoms with Gasteiger partial charge < -0.3 is 10.0 Å². The lowest BCUT2D eigenvalue weighted by Crippen LogP contribution is -2.29. The fourth-order valence-electron chi connectivity index (χ4n) is 1.09. The third-order valence-corrected chi connectivity index (χ3v) is 2.36. The Bertz CT molecular complexity index is 423. The smallest absolute Gasteiger partial charge is 0.207 e. The van der Waals surface area contributed by atoms with Gasteiger partial charge >= 0.3 is 0 Å². The van der Waals surface area contributed by atoms with Gasteiger partial charge in [0.2, 0.25) is 6.19 Å². The van der Waals surface area contributed by atoms with Crippen LogP contribution in [0.5, 0.6) is 0 Å². The van der Waals surface area contributed by atoms with Crippen LogP contribution < -0.4 is 0 Å². The van der Waals surface area contributed by atoms with E-state index in [2.05, 4.69) is 9.98 Å². The number of hydrogen-bond acceptors (Lipinski definition) is 4. The highest BCUT2D eigenvalue weighted by molar-refractivity contribution is 6.29. The third-order valence-electron chi connectivity index (χ3n) is 2.14. The van der Waals surface area contributed by atoms with Gasteiger partial charge in [0.15, 0.2) is 6.23 Å². The summed E-state index contributed by atoms with van der Waals surface area (Å²) in [4.78, 5) is 8.86. The number of hydrogen-bond donors (Lipinski definition) is 1. The van der Waals surface area contributed by atoms with E-state index in [1.165, 1.54) is 11.1 Å². The minimum Gasteiger partial charge on any atom is -0.369 e. The molecule has 0 spiro atoms. The van der Waals surface area contributed by atoms with Crippen LogP contribution in [0, 0.1) is 11.5 Å². The van der Waals surface area contributed by atoms with Crippen LogP contribution in [0.25, 0.3) is 0 Å². The van der Waals surface area contributed by atoms with E-state index in [-0.39, 0.29) is 0 Å². The second-order valence-electron chi connectivity index (χ2n) is 3.16. The van der Waals surface area contributed by atoms with E-state index in [9.17, 15) is 5.11 Å². The van der Waals surface area contributed by atoms with Gasteiger partial charge in [-0.15, -0.1) is 0 Å². The summed E-state index contributed by atoms with van der Waals surface area (Å²) in [5, 5.41) is 18.7. The number of amidine groups is 1. The van der Waals surface area contributed by atoms with Gasteiger partial charge in [0.05, 0.1) is 0 Å². The Hall–Kier alpha value is -1.64. The maximum absolute atomic E-state index is 9.93. The first-order valence-electron chi connectivity index (χ1n) is 4.52. The first-order valence-corrected chi connectivity index (χ1v) is 4.89. The maximum Gasteiger partial charge on any atom is 0.207 e. The number of aliphatic hydroxyl groups is 1. The molecule has 0 aliphatic carbocycles. The summed E-state index contributed by atoms with van der Waals surface area (Å²) in [5.74, 6) is 0.421. The second kappa shape index (κ2) is 5.45. The standard InChI is InChI=1S/C10H11ClN4O/c1-7(14-6-12)15(2)10(16)8-3-4-9(11)13-5-8/h3-5,10,16H,1-2H3. The molecule has 0 aromatic carbocycles. The van der Waals surface area contributed by atoms with Crippen LogP contribution in [0.2, 0.25) is 5.15 Å². The van der Waals surface area contributed by atoms with Crippen molar-refractivity contribution in [1.29, 1.82) is 5.26 Å². The molecule has 0 radical (unpaired) electrons. The van der Waals surface area contributed by atoms with Gasteiger partial charge in [0.1, 0.15) is 11.0 Å². The average Bonchev–Trinajstić information content (AvgIpc) is 2.28. The van der Waals surface area contributed by atoms with Crippen molar-refractivity contribution in [2.75, 3.05) is 7.05 Å². The van der Waals surface area contributed by atoms with E-state index in [4.69, 9.17) is 16.9 Å². The second-order valence-corrected chi connectivity index (χ2v) is 3.55. The predicted molar refractivity (Wildman–Crippen MR) is 60.7 cm³/mol. The lowest BCUT2D eigenvalue weighted by molar-refractivity contribution is 0.0685. The van der Waals surface area contributed by atoms with Gasteiger partial charge in [-0.3, -0.25) is 0 Å². The summed E-state index contributed by atoms with van der Waals surface area (Å²) < 4.78 is 0. The number of pyridine rings is 1. The zero-order valence-electron chi connectivity index (χ0n) is 8.92. The number of aliphatic hydroxyl groups excluding tert-OH is 1. The van der Waals surface area contributed by atoms with E-state index in [0.717, 1.165) is 0 Å². The van der Waals surface area contributed by atoms with Gasteiger partial charge in [0.25, 0.3) is 0 Å². The minimum absolute atomic E-state index is 0.362. The Morgan fingerprint density at radius 3 is 2.88 bits per heavy atom. The molecule has 1 N–H and O–H groups in total. The predicted octanol–water partition coefficient (Wildman–Crippen LogP) is 1.56. The molecule has 0 amide bonds. The van der Waals surface area contributed by atoms with Crippen molar-refractivity contribution in [3.63, 3.8) is 0 Å². The van der Waals surface area contributed by atoms with Gasteiger partial charge in [-0.25, -0.2) is 4.98 Å². The molecule has 1 atom stereocenters. The van der Waals surface area contributed by atoms with Crippen molar-refractivity contribution in [1.82, 2.24) is 9.88 Å². The van der Waals surface area contributed by atoms with Crippen molar-refractivity contribution in [2.45, 2.75) is 13.2 Å². The van der Waals surface area contributed by atoms with Crippen molar-refractivity contribution >= 4 is 17.4 Å². The molecule has 0 fully saturated rings. The van der Waals surface area contributed by atoms with Crippen LogP contribution in [0.3, 0.4) is 0 Å². The van der Waals surface area contributed by atoms with E-state index in [1.807, 2.05) is 0 Å². The highest BCUT2D eigenvalue weighted by Crippen LogP contribution is 2.17. The largest absolute Gasteiger partial charge is 0.369 e. The molecule has 6 heteroatoms. The Kier molecular flexibility index (Phi) is 4.23. The lowest BCUT2D eigenvalue weighted by atomic mass is 10.2. The van der Waals surface area contributed by atoms with Crippen LogP contribution in [-0.4, -0.2) is 27.9 Å². The molecular weight excluding hydrogens is 228 g/mol. The summed E-state index contributed by atoms with van der Waals surface area (Å²) in [6, 6.07) is 3.25. The maximum atomic E-state index is 9.93. The zero-order chi connectivity index (χ0) is 12.1. The first-order chi connectivity index (χ1) is 7.56. The lowest BCUT2D eigenvalue weighted by Gasteiger charge is -2.24. The van der Waals surface area contributed by atoms with E-state index >= 15 is 0 Å². The van der Waals surface area contributed by atoms with Crippen molar-refractivity contribution in [2.24, 2.45) is 4.99 Å². The molecule has 5 nitrogen and oxygen atoms in total. The Balaban J connectivity index is 2.86. The van der Waals surface area contributed by atoms with Crippen LogP contribution in [0.4, 0.5) is 0 Å². The SMILES string of the molecule is CC(=NC#N)N(C)C(O)c1ccc(Cl)nc1. The minimum atomic E-state index is -0.901. The highest BCUT2D eigenvalue weighted by Gasteiger charge is 2.14. The zero-order valence-corrected chi connectivity index (χ0v) is 9.68. The van der Waals surface area contributed by atoms with Gasteiger partial charge in [0, 0.05) is 18.8 Å². The average molecular weight is 239 g/mol. The van der Waals surface area contributed by atoms with Gasteiger partial charge in [-0.2, -0.15) is 10.3 Å². The summed E-state index contributed by atoms with van der Waals surface area (Å²) in [6.07, 6.45) is 2.24. The molecular formula is C10H11ClN4O. The Morgan fingerprint density at radius 1 is 1.69 bits per heavy atom. The highest BCUT2D eigenvalue weighted by atomic mass is 35.5. The van der Waals surface area contributed by atoms with E-state index in [1.54, 1.807) is 32.3 Å². The number of rotatable bonds is 2. The molecule has 1 unspecified atom stereocenters. The van der Waals surface area contributed by atoms with E-state index < -0.39 is 6.23 Å². The Morgan fingerprint density at radius 2 is 2.38 bits per heavy atom. The number of aromatic nitrogens is 1. The summed E-state index contributed by atoms with van der Waals surface area (Å²) in [6.45, 7) is 1.63. The van der Waals surface area contributed by atoms with E-state index in [0.29, 0.717) is 16.6 Å². The van der Waals surface area contributed by atoms with Crippen LogP contribution >= 0.6 is 11.6 Å². The molecule has 0 aliphatic heterocycles. The fourth-order valence-corrected chi connectivity index (χ4v) is 1.20. The summed E-state index contributed by atoms with van der Waals surface area (Å²) in [5.41, 5.74) is 0.583. The van der Waals surface area contributed by atoms with Crippen molar-refractivity contribution in [3.05, 3.63) is 29.0 Å². The van der Waals surface area contributed by atoms with Crippen LogP contribution in [0.15, 0.2) is 23.3 Å². The number of halogens is 1. The molecule has 0 saturated heterocycles. The fraction of sp³-hybridized carbons (Fsp3) is 0.300. The number of nitriles is 1. The molecule has 1 heterocycles. The molecule has 0 aliphatic rings. The molecule has 0 saturated carbocycles. The first kappa shape index (κ1) is 12.4. The quantitative estimate of drug-likeness (QED) is 0.279. The molecule has 1 aromatic rings. The molecule has 0 bridgehead atoms. The Labute approximate surface area is 98.6 Å². The normalized spacial score (nSPS) is 13.1. The third kappa shape index (κ3) is 2.92.